The van der Waals surface area contributed by atoms with Crippen LogP contribution in [0, 0.1) is 0 Å². The predicted molar refractivity (Wildman–Crippen MR) is 67.1 cm³/mol. The van der Waals surface area contributed by atoms with Crippen LogP contribution in [0.3, 0.4) is 0 Å². The second kappa shape index (κ2) is 5.83. The molecule has 1 aliphatic carbocycles. The van der Waals surface area contributed by atoms with Gasteiger partial charge in [0.15, 0.2) is 0 Å². The molecule has 3 N–H and O–H groups in total. The molecule has 1 aliphatic heterocycles. The van der Waals surface area contributed by atoms with Gasteiger partial charge in [-0.1, -0.05) is 25.7 Å². The fourth-order valence-corrected chi connectivity index (χ4v) is 3.09. The summed E-state index contributed by atoms with van der Waals surface area (Å²) in [6, 6.07) is 0.409. The van der Waals surface area contributed by atoms with Crippen molar-refractivity contribution < 1.29 is 9.90 Å². The quantitative estimate of drug-likeness (QED) is 0.654. The summed E-state index contributed by atoms with van der Waals surface area (Å²) in [5.41, 5.74) is -0.666. The molecule has 0 unspecified atom stereocenters. The first-order valence-corrected chi connectivity index (χ1v) is 6.95. The zero-order valence-electron chi connectivity index (χ0n) is 10.5. The first kappa shape index (κ1) is 12.8. The number of carboxylic acid groups (broad SMARTS) is 1. The number of aliphatic carboxylic acids is 1. The van der Waals surface area contributed by atoms with Crippen LogP contribution in [0.4, 0.5) is 0 Å². The largest absolute Gasteiger partial charge is 0.480 e. The molecule has 17 heavy (non-hydrogen) atoms. The van der Waals surface area contributed by atoms with Crippen LogP contribution in [0.25, 0.3) is 0 Å². The van der Waals surface area contributed by atoms with Crippen LogP contribution >= 0.6 is 0 Å². The van der Waals surface area contributed by atoms with E-state index in [0.717, 1.165) is 25.9 Å². The maximum atomic E-state index is 11.5. The first-order chi connectivity index (χ1) is 8.23. The maximum absolute atomic E-state index is 11.5. The molecule has 2 aliphatic rings. The summed E-state index contributed by atoms with van der Waals surface area (Å²) >= 11 is 0. The highest BCUT2D eigenvalue weighted by Crippen LogP contribution is 2.24. The lowest BCUT2D eigenvalue weighted by atomic mass is 9.86. The van der Waals surface area contributed by atoms with Gasteiger partial charge in [-0.15, -0.1) is 0 Å². The van der Waals surface area contributed by atoms with E-state index in [2.05, 4.69) is 10.6 Å². The summed E-state index contributed by atoms with van der Waals surface area (Å²) in [6.07, 6.45) is 8.79. The number of rotatable bonds is 3. The molecule has 1 saturated heterocycles. The smallest absolute Gasteiger partial charge is 0.324 e. The minimum Gasteiger partial charge on any atom is -0.480 e. The summed E-state index contributed by atoms with van der Waals surface area (Å²) < 4.78 is 0. The van der Waals surface area contributed by atoms with Crippen LogP contribution in [-0.2, 0) is 4.79 Å². The van der Waals surface area contributed by atoms with Crippen LogP contribution in [0.1, 0.15) is 51.4 Å². The molecule has 0 atom stereocenters. The second-order valence-corrected chi connectivity index (χ2v) is 5.47. The number of hydrogen-bond acceptors (Lipinski definition) is 3. The lowest BCUT2D eigenvalue weighted by Crippen LogP contribution is -2.60. The molecule has 1 heterocycles. The molecule has 0 spiro atoms. The molecule has 0 aromatic heterocycles. The molecule has 0 amide bonds. The molecule has 0 radical (unpaired) electrons. The van der Waals surface area contributed by atoms with E-state index in [4.69, 9.17) is 0 Å². The van der Waals surface area contributed by atoms with Gasteiger partial charge in [0.25, 0.3) is 0 Å². The van der Waals surface area contributed by atoms with Gasteiger partial charge in [0.1, 0.15) is 5.54 Å². The van der Waals surface area contributed by atoms with Gasteiger partial charge in [-0.05, 0) is 38.8 Å². The van der Waals surface area contributed by atoms with E-state index < -0.39 is 11.5 Å². The van der Waals surface area contributed by atoms with Crippen LogP contribution in [0.5, 0.6) is 0 Å². The fraction of sp³-hybridized carbons (Fsp3) is 0.923. The number of nitrogens with one attached hydrogen (secondary N) is 2. The van der Waals surface area contributed by atoms with Crippen molar-refractivity contribution >= 4 is 5.97 Å². The van der Waals surface area contributed by atoms with E-state index in [1.807, 2.05) is 0 Å². The molecule has 0 aromatic carbocycles. The van der Waals surface area contributed by atoms with Gasteiger partial charge in [0, 0.05) is 6.04 Å². The Bertz CT molecular complexity index is 254. The van der Waals surface area contributed by atoms with Gasteiger partial charge >= 0.3 is 5.97 Å². The molecule has 0 bridgehead atoms. The first-order valence-electron chi connectivity index (χ1n) is 6.95. The van der Waals surface area contributed by atoms with E-state index in [1.54, 1.807) is 0 Å². The van der Waals surface area contributed by atoms with Crippen molar-refractivity contribution in [1.82, 2.24) is 10.6 Å². The molecule has 0 aromatic rings. The van der Waals surface area contributed by atoms with Crippen LogP contribution in [0.2, 0.25) is 0 Å². The van der Waals surface area contributed by atoms with Crippen molar-refractivity contribution in [2.75, 3.05) is 13.1 Å². The van der Waals surface area contributed by atoms with Gasteiger partial charge in [-0.2, -0.15) is 0 Å². The van der Waals surface area contributed by atoms with Crippen LogP contribution in [0.15, 0.2) is 0 Å². The highest BCUT2D eigenvalue weighted by Gasteiger charge is 2.40. The highest BCUT2D eigenvalue weighted by molar-refractivity contribution is 5.79. The Morgan fingerprint density at radius 2 is 1.71 bits per heavy atom. The minimum absolute atomic E-state index is 0.409. The van der Waals surface area contributed by atoms with E-state index in [1.165, 1.54) is 25.7 Å². The molecule has 4 heteroatoms. The van der Waals surface area contributed by atoms with Crippen LogP contribution in [-0.4, -0.2) is 35.7 Å². The van der Waals surface area contributed by atoms with Crippen molar-refractivity contribution in [3.63, 3.8) is 0 Å². The number of hydrogen-bond donors (Lipinski definition) is 3. The molecule has 2 fully saturated rings. The summed E-state index contributed by atoms with van der Waals surface area (Å²) in [4.78, 5) is 11.5. The van der Waals surface area contributed by atoms with E-state index in [-0.39, 0.29) is 0 Å². The lowest BCUT2D eigenvalue weighted by molar-refractivity contribution is -0.146. The average Bonchev–Trinajstić information content (AvgIpc) is 2.59. The Balaban J connectivity index is 1.98. The highest BCUT2D eigenvalue weighted by atomic mass is 16.4. The van der Waals surface area contributed by atoms with Crippen molar-refractivity contribution in [3.05, 3.63) is 0 Å². The van der Waals surface area contributed by atoms with Gasteiger partial charge in [0.2, 0.25) is 0 Å². The zero-order valence-corrected chi connectivity index (χ0v) is 10.5. The number of piperidine rings is 1. The maximum Gasteiger partial charge on any atom is 0.324 e. The van der Waals surface area contributed by atoms with Crippen molar-refractivity contribution in [1.29, 1.82) is 0 Å². The summed E-state index contributed by atoms with van der Waals surface area (Å²) in [6.45, 7) is 1.62. The third kappa shape index (κ3) is 3.19. The molecule has 4 nitrogen and oxygen atoms in total. The molecule has 98 valence electrons. The normalized spacial score (nSPS) is 26.4. The number of carbonyl (C=O) groups is 1. The summed E-state index contributed by atoms with van der Waals surface area (Å²) in [5.74, 6) is -0.664. The van der Waals surface area contributed by atoms with Gasteiger partial charge in [0.05, 0.1) is 0 Å². The molecule has 1 saturated carbocycles. The van der Waals surface area contributed by atoms with Crippen LogP contribution < -0.4 is 10.6 Å². The topological polar surface area (TPSA) is 61.4 Å². The van der Waals surface area contributed by atoms with Crippen molar-refractivity contribution in [2.24, 2.45) is 0 Å². The molecular weight excluding hydrogens is 216 g/mol. The van der Waals surface area contributed by atoms with E-state index in [0.29, 0.717) is 18.9 Å². The standard InChI is InChI=1S/C13H24N2O2/c16-12(17)13(7-9-14-10-8-13)15-11-5-3-1-2-4-6-11/h11,14-15H,1-10H2,(H,16,17). The minimum atomic E-state index is -0.666. The van der Waals surface area contributed by atoms with Gasteiger partial charge in [-0.3, -0.25) is 10.1 Å². The van der Waals surface area contributed by atoms with Crippen molar-refractivity contribution in [2.45, 2.75) is 62.9 Å². The number of carboxylic acids is 1. The Morgan fingerprint density at radius 1 is 1.12 bits per heavy atom. The monoisotopic (exact) mass is 240 g/mol. The molecular formula is C13H24N2O2. The SMILES string of the molecule is O=C(O)C1(NC2CCCCCC2)CCNCC1. The zero-order chi connectivity index (χ0) is 12.1. The van der Waals surface area contributed by atoms with E-state index >= 15 is 0 Å². The van der Waals surface area contributed by atoms with E-state index in [9.17, 15) is 9.90 Å². The Hall–Kier alpha value is -0.610. The summed E-state index contributed by atoms with van der Waals surface area (Å²) in [7, 11) is 0. The lowest BCUT2D eigenvalue weighted by Gasteiger charge is -2.37. The Labute approximate surface area is 103 Å². The van der Waals surface area contributed by atoms with Gasteiger partial charge < -0.3 is 10.4 Å². The third-order valence-corrected chi connectivity index (χ3v) is 4.20. The van der Waals surface area contributed by atoms with Crippen molar-refractivity contribution in [3.8, 4) is 0 Å². The second-order valence-electron chi connectivity index (χ2n) is 5.47. The average molecular weight is 240 g/mol. The Kier molecular flexibility index (Phi) is 4.40. The fourth-order valence-electron chi connectivity index (χ4n) is 3.09. The summed E-state index contributed by atoms with van der Waals surface area (Å²) in [5, 5.41) is 16.2. The molecule has 2 rings (SSSR count). The Morgan fingerprint density at radius 3 is 2.24 bits per heavy atom. The van der Waals surface area contributed by atoms with Gasteiger partial charge in [-0.25, -0.2) is 0 Å². The third-order valence-electron chi connectivity index (χ3n) is 4.20. The predicted octanol–water partition coefficient (Wildman–Crippen LogP) is 1.51.